The molecule has 2 N–H and O–H groups in total. The fraction of sp³-hybridized carbons (Fsp3) is 0.350. The van der Waals surface area contributed by atoms with Crippen molar-refractivity contribution in [3.8, 4) is 5.75 Å². The molecule has 1 fully saturated rings. The number of rotatable bonds is 6. The number of ether oxygens (including phenoxy) is 1. The third kappa shape index (κ3) is 4.51. The molecule has 28 heavy (non-hydrogen) atoms. The van der Waals surface area contributed by atoms with Crippen molar-refractivity contribution in [2.24, 2.45) is 5.92 Å². The van der Waals surface area contributed by atoms with Crippen molar-refractivity contribution in [3.05, 3.63) is 53.3 Å². The molecule has 1 saturated heterocycles. The van der Waals surface area contributed by atoms with Gasteiger partial charge in [0.25, 0.3) is 5.91 Å². The standard InChI is InChI=1S/C20H23FN2O4S/c1-13-9-15(3-5-18(13)21)23-20(24)17-10-16(4-6-19(17)27-2)28(25,26)12-14-7-8-22-11-14/h3-6,9-10,14,22H,7-8,11-12H2,1-2H3,(H,23,24)/t14-/m0/s1. The summed E-state index contributed by atoms with van der Waals surface area (Å²) < 4.78 is 44.2. The number of hydrogen-bond donors (Lipinski definition) is 2. The first-order valence-corrected chi connectivity index (χ1v) is 10.6. The summed E-state index contributed by atoms with van der Waals surface area (Å²) in [5.74, 6) is -0.540. The SMILES string of the molecule is COc1ccc(S(=O)(=O)C[C@H]2CCNC2)cc1C(=O)Nc1ccc(F)c(C)c1. The first kappa shape index (κ1) is 20.3. The number of aryl methyl sites for hydroxylation is 1. The van der Waals surface area contributed by atoms with E-state index < -0.39 is 15.7 Å². The Morgan fingerprint density at radius 3 is 2.71 bits per heavy atom. The zero-order valence-electron chi connectivity index (χ0n) is 15.8. The minimum absolute atomic E-state index is 0.0323. The number of hydrogen-bond acceptors (Lipinski definition) is 5. The Morgan fingerprint density at radius 1 is 1.29 bits per heavy atom. The first-order chi connectivity index (χ1) is 13.3. The Morgan fingerprint density at radius 2 is 2.07 bits per heavy atom. The molecule has 0 unspecified atom stereocenters. The predicted octanol–water partition coefficient (Wildman–Crippen LogP) is 2.78. The van der Waals surface area contributed by atoms with Crippen LogP contribution in [-0.4, -0.2) is 40.3 Å². The summed E-state index contributed by atoms with van der Waals surface area (Å²) in [4.78, 5) is 12.8. The number of carbonyl (C=O) groups is 1. The Balaban J connectivity index is 1.87. The second-order valence-electron chi connectivity index (χ2n) is 6.92. The number of anilines is 1. The lowest BCUT2D eigenvalue weighted by Crippen LogP contribution is -2.20. The first-order valence-electron chi connectivity index (χ1n) is 8.99. The maximum atomic E-state index is 13.4. The van der Waals surface area contributed by atoms with Crippen LogP contribution in [0.4, 0.5) is 10.1 Å². The Bertz CT molecular complexity index is 986. The number of nitrogens with one attached hydrogen (secondary N) is 2. The number of methoxy groups -OCH3 is 1. The zero-order chi connectivity index (χ0) is 20.3. The largest absolute Gasteiger partial charge is 0.496 e. The van der Waals surface area contributed by atoms with Gasteiger partial charge in [0.05, 0.1) is 23.3 Å². The van der Waals surface area contributed by atoms with Crippen molar-refractivity contribution < 1.29 is 22.3 Å². The maximum absolute atomic E-state index is 13.4. The minimum Gasteiger partial charge on any atom is -0.496 e. The van der Waals surface area contributed by atoms with Crippen molar-refractivity contribution in [3.63, 3.8) is 0 Å². The molecule has 0 aliphatic carbocycles. The third-order valence-electron chi connectivity index (χ3n) is 4.81. The van der Waals surface area contributed by atoms with Gasteiger partial charge in [-0.3, -0.25) is 4.79 Å². The number of amides is 1. The number of carbonyl (C=O) groups excluding carboxylic acids is 1. The molecule has 0 aromatic heterocycles. The smallest absolute Gasteiger partial charge is 0.259 e. The Labute approximate surface area is 164 Å². The van der Waals surface area contributed by atoms with Gasteiger partial charge in [-0.1, -0.05) is 0 Å². The van der Waals surface area contributed by atoms with Gasteiger partial charge in [-0.05, 0) is 74.3 Å². The Kier molecular flexibility index (Phi) is 6.00. The zero-order valence-corrected chi connectivity index (χ0v) is 16.6. The van der Waals surface area contributed by atoms with Crippen LogP contribution in [0, 0.1) is 18.7 Å². The number of sulfone groups is 1. The normalized spacial score (nSPS) is 16.8. The third-order valence-corrected chi connectivity index (χ3v) is 6.69. The summed E-state index contributed by atoms with van der Waals surface area (Å²) in [6, 6.07) is 8.48. The maximum Gasteiger partial charge on any atom is 0.259 e. The highest BCUT2D eigenvalue weighted by molar-refractivity contribution is 7.91. The van der Waals surface area contributed by atoms with Gasteiger partial charge >= 0.3 is 0 Å². The molecule has 6 nitrogen and oxygen atoms in total. The predicted molar refractivity (Wildman–Crippen MR) is 105 cm³/mol. The number of halogens is 1. The van der Waals surface area contributed by atoms with Crippen LogP contribution in [0.5, 0.6) is 5.75 Å². The molecule has 1 heterocycles. The van der Waals surface area contributed by atoms with E-state index in [4.69, 9.17) is 4.74 Å². The molecular weight excluding hydrogens is 383 g/mol. The fourth-order valence-electron chi connectivity index (χ4n) is 3.24. The van der Waals surface area contributed by atoms with E-state index >= 15 is 0 Å². The summed E-state index contributed by atoms with van der Waals surface area (Å²) in [6.07, 6.45) is 0.812. The van der Waals surface area contributed by atoms with Gasteiger partial charge in [0, 0.05) is 5.69 Å². The van der Waals surface area contributed by atoms with Crippen molar-refractivity contribution >= 4 is 21.4 Å². The molecule has 150 valence electrons. The summed E-state index contributed by atoms with van der Waals surface area (Å²) in [5.41, 5.74) is 0.914. The van der Waals surface area contributed by atoms with Crippen molar-refractivity contribution in [2.75, 3.05) is 31.3 Å². The van der Waals surface area contributed by atoms with E-state index in [9.17, 15) is 17.6 Å². The van der Waals surface area contributed by atoms with E-state index in [-0.39, 0.29) is 33.7 Å². The molecule has 1 aliphatic heterocycles. The second-order valence-corrected chi connectivity index (χ2v) is 8.95. The van der Waals surface area contributed by atoms with Crippen molar-refractivity contribution in [1.82, 2.24) is 5.32 Å². The van der Waals surface area contributed by atoms with Gasteiger partial charge in [-0.2, -0.15) is 0 Å². The summed E-state index contributed by atoms with van der Waals surface area (Å²) in [5, 5.41) is 5.82. The summed E-state index contributed by atoms with van der Waals surface area (Å²) in [7, 11) is -2.13. The van der Waals surface area contributed by atoms with Crippen LogP contribution in [0.1, 0.15) is 22.3 Å². The van der Waals surface area contributed by atoms with E-state index in [1.54, 1.807) is 6.92 Å². The second kappa shape index (κ2) is 8.28. The molecule has 0 bridgehead atoms. The lowest BCUT2D eigenvalue weighted by molar-refractivity contribution is 0.102. The van der Waals surface area contributed by atoms with Crippen LogP contribution in [0.3, 0.4) is 0 Å². The summed E-state index contributed by atoms with van der Waals surface area (Å²) in [6.45, 7) is 3.08. The number of benzene rings is 2. The van der Waals surface area contributed by atoms with Crippen LogP contribution in [0.2, 0.25) is 0 Å². The van der Waals surface area contributed by atoms with Gasteiger partial charge in [0.2, 0.25) is 0 Å². The lowest BCUT2D eigenvalue weighted by Gasteiger charge is -2.13. The highest BCUT2D eigenvalue weighted by atomic mass is 32.2. The van der Waals surface area contributed by atoms with Crippen LogP contribution < -0.4 is 15.4 Å². The molecule has 1 atom stereocenters. The molecule has 8 heteroatoms. The topological polar surface area (TPSA) is 84.5 Å². The van der Waals surface area contributed by atoms with E-state index in [0.717, 1.165) is 13.0 Å². The monoisotopic (exact) mass is 406 g/mol. The van der Waals surface area contributed by atoms with Crippen molar-refractivity contribution in [1.29, 1.82) is 0 Å². The molecule has 1 amide bonds. The van der Waals surface area contributed by atoms with Gasteiger partial charge in [-0.25, -0.2) is 12.8 Å². The van der Waals surface area contributed by atoms with E-state index in [1.165, 1.54) is 43.5 Å². The highest BCUT2D eigenvalue weighted by Crippen LogP contribution is 2.26. The van der Waals surface area contributed by atoms with Crippen LogP contribution in [-0.2, 0) is 9.84 Å². The summed E-state index contributed by atoms with van der Waals surface area (Å²) >= 11 is 0. The average molecular weight is 406 g/mol. The van der Waals surface area contributed by atoms with Crippen molar-refractivity contribution in [2.45, 2.75) is 18.2 Å². The van der Waals surface area contributed by atoms with E-state index in [0.29, 0.717) is 17.8 Å². The van der Waals surface area contributed by atoms with Gasteiger partial charge in [0.15, 0.2) is 9.84 Å². The van der Waals surface area contributed by atoms with Crippen LogP contribution in [0.15, 0.2) is 41.3 Å². The van der Waals surface area contributed by atoms with E-state index in [1.807, 2.05) is 0 Å². The average Bonchev–Trinajstić information content (AvgIpc) is 3.16. The molecule has 3 rings (SSSR count). The highest BCUT2D eigenvalue weighted by Gasteiger charge is 2.25. The molecule has 0 spiro atoms. The quantitative estimate of drug-likeness (QED) is 0.771. The minimum atomic E-state index is -3.54. The van der Waals surface area contributed by atoms with Gasteiger partial charge in [-0.15, -0.1) is 0 Å². The lowest BCUT2D eigenvalue weighted by atomic mass is 10.1. The van der Waals surface area contributed by atoms with Gasteiger partial charge < -0.3 is 15.4 Å². The molecule has 1 aliphatic rings. The molecule has 0 saturated carbocycles. The molecule has 2 aromatic rings. The Hall–Kier alpha value is -2.45. The molecular formula is C20H23FN2O4S. The fourth-order valence-corrected chi connectivity index (χ4v) is 4.91. The van der Waals surface area contributed by atoms with E-state index in [2.05, 4.69) is 10.6 Å². The van der Waals surface area contributed by atoms with Crippen LogP contribution >= 0.6 is 0 Å². The van der Waals surface area contributed by atoms with Crippen LogP contribution in [0.25, 0.3) is 0 Å². The van der Waals surface area contributed by atoms with Gasteiger partial charge in [0.1, 0.15) is 11.6 Å². The molecule has 2 aromatic carbocycles. The molecule has 0 radical (unpaired) electrons.